The zero-order valence-electron chi connectivity index (χ0n) is 23.9. The molecular weight excluding hydrogens is 540 g/mol. The molecule has 0 fully saturated rings. The summed E-state index contributed by atoms with van der Waals surface area (Å²) >= 11 is 0. The smallest absolute Gasteiger partial charge is 0.157 e. The minimum Gasteiger partial charge on any atom is -0.497 e. The van der Waals surface area contributed by atoms with Crippen LogP contribution in [0.2, 0.25) is 0 Å². The second-order valence-electron chi connectivity index (χ2n) is 10.8. The number of aromatic nitrogens is 8. The molecule has 0 saturated heterocycles. The fraction of sp³-hybridized carbons (Fsp3) is 0.152. The van der Waals surface area contributed by atoms with Gasteiger partial charge in [-0.2, -0.15) is 10.2 Å². The zero-order chi connectivity index (χ0) is 29.6. The molecule has 0 unspecified atom stereocenters. The molecule has 7 rings (SSSR count). The number of aliphatic hydroxyl groups is 1. The molecule has 0 atom stereocenters. The molecule has 8 bridgehead atoms. The normalized spacial score (nSPS) is 14.0. The van der Waals surface area contributed by atoms with Gasteiger partial charge < -0.3 is 9.84 Å². The molecule has 10 heteroatoms. The van der Waals surface area contributed by atoms with Crippen molar-refractivity contribution < 1.29 is 9.84 Å². The maximum Gasteiger partial charge on any atom is 0.157 e. The van der Waals surface area contributed by atoms with Crippen molar-refractivity contribution in [1.82, 2.24) is 39.5 Å². The fourth-order valence-corrected chi connectivity index (χ4v) is 5.18. The van der Waals surface area contributed by atoms with E-state index in [-0.39, 0.29) is 6.61 Å². The van der Waals surface area contributed by atoms with Crippen LogP contribution in [0.25, 0.3) is 46.3 Å². The summed E-state index contributed by atoms with van der Waals surface area (Å²) in [7, 11) is 1.64. The number of ether oxygens (including phenoxy) is 1. The number of methoxy groups -OCH3 is 1. The van der Waals surface area contributed by atoms with Gasteiger partial charge in [0, 0.05) is 77.0 Å². The van der Waals surface area contributed by atoms with Crippen molar-refractivity contribution in [1.29, 1.82) is 0 Å². The Morgan fingerprint density at radius 1 is 0.721 bits per heavy atom. The van der Waals surface area contributed by atoms with E-state index in [0.29, 0.717) is 17.4 Å². The zero-order valence-corrected chi connectivity index (χ0v) is 23.9. The third-order valence-corrected chi connectivity index (χ3v) is 7.66. The van der Waals surface area contributed by atoms with Gasteiger partial charge in [-0.1, -0.05) is 12.2 Å². The first kappa shape index (κ1) is 26.4. The summed E-state index contributed by atoms with van der Waals surface area (Å²) in [5, 5.41) is 20.2. The van der Waals surface area contributed by atoms with E-state index < -0.39 is 5.41 Å². The number of aliphatic hydroxyl groups excluding tert-OH is 1. The second-order valence-corrected chi connectivity index (χ2v) is 10.8. The van der Waals surface area contributed by atoms with E-state index >= 15 is 0 Å². The lowest BCUT2D eigenvalue weighted by molar-refractivity contribution is 0.281. The number of pyridine rings is 4. The van der Waals surface area contributed by atoms with Crippen LogP contribution < -0.4 is 4.74 Å². The quantitative estimate of drug-likeness (QED) is 0.305. The largest absolute Gasteiger partial charge is 0.497 e. The Hall–Kier alpha value is -5.48. The average Bonchev–Trinajstić information content (AvgIpc) is 3.69. The molecule has 7 heterocycles. The number of fused-ring (bicyclic) bond motifs is 10. The van der Waals surface area contributed by atoms with E-state index in [9.17, 15) is 5.11 Å². The molecule has 0 saturated carbocycles. The first-order valence-corrected chi connectivity index (χ1v) is 13.8. The lowest BCUT2D eigenvalue weighted by Crippen LogP contribution is -2.24. The molecule has 212 valence electrons. The number of hydrogen-bond donors (Lipinski definition) is 1. The summed E-state index contributed by atoms with van der Waals surface area (Å²) in [6.07, 6.45) is 15.0. The average molecular weight is 569 g/mol. The van der Waals surface area contributed by atoms with E-state index in [4.69, 9.17) is 24.9 Å². The maximum atomic E-state index is 10.2. The molecule has 10 nitrogen and oxygen atoms in total. The van der Waals surface area contributed by atoms with Crippen molar-refractivity contribution in [3.63, 3.8) is 0 Å². The van der Waals surface area contributed by atoms with Gasteiger partial charge in [-0.15, -0.1) is 0 Å². The molecule has 43 heavy (non-hydrogen) atoms. The van der Waals surface area contributed by atoms with Crippen LogP contribution in [0.3, 0.4) is 0 Å². The van der Waals surface area contributed by atoms with Crippen molar-refractivity contribution >= 4 is 12.2 Å². The molecule has 0 aliphatic carbocycles. The molecule has 6 aromatic heterocycles. The summed E-state index contributed by atoms with van der Waals surface area (Å²) in [6.45, 7) is 3.97. The van der Waals surface area contributed by atoms with Crippen LogP contribution in [-0.2, 0) is 12.0 Å². The van der Waals surface area contributed by atoms with E-state index in [1.807, 2.05) is 73.1 Å². The molecule has 1 aliphatic heterocycles. The Bertz CT molecular complexity index is 1840. The summed E-state index contributed by atoms with van der Waals surface area (Å²) in [4.78, 5) is 18.5. The van der Waals surface area contributed by atoms with Crippen LogP contribution in [0, 0.1) is 0 Å². The molecule has 0 aromatic carbocycles. The lowest BCUT2D eigenvalue weighted by atomic mass is 9.84. The SMILES string of the molecule is COc1cc2nc(c1)C(C)(C)c1cc(CO)cc(n1)-n1cc(c(-c3ccncc3)n1)/C=C\c1cn-2nc1-c1ccncc1. The molecule has 0 radical (unpaired) electrons. The van der Waals surface area contributed by atoms with Gasteiger partial charge in [0.25, 0.3) is 0 Å². The number of rotatable bonds is 4. The van der Waals surface area contributed by atoms with Crippen molar-refractivity contribution in [2.75, 3.05) is 7.11 Å². The Labute approximate surface area is 248 Å². The van der Waals surface area contributed by atoms with Crippen molar-refractivity contribution in [2.24, 2.45) is 0 Å². The van der Waals surface area contributed by atoms with Crippen LogP contribution >= 0.6 is 0 Å². The van der Waals surface area contributed by atoms with Crippen LogP contribution in [0.1, 0.15) is 41.9 Å². The predicted octanol–water partition coefficient (Wildman–Crippen LogP) is 5.28. The standard InChI is InChI=1S/C33H28N8O2/c1-33(2)27-14-21(20-42)15-29(36-27)40-18-24(31(38-40)22-6-10-34-11-7-22)4-5-25-19-41(30-17-26(43-3)16-28(33)37-30)39-32(25)23-8-12-35-13-9-23/h4-19,42H,20H2,1-3H3/b5-4-. The van der Waals surface area contributed by atoms with Gasteiger partial charge in [-0.05, 0) is 55.8 Å². The second kappa shape index (κ2) is 10.4. The van der Waals surface area contributed by atoms with Gasteiger partial charge in [0.05, 0.1) is 25.1 Å². The highest BCUT2D eigenvalue weighted by Crippen LogP contribution is 2.35. The topological polar surface area (TPSA) is 117 Å². The van der Waals surface area contributed by atoms with Crippen LogP contribution in [-0.4, -0.2) is 51.7 Å². The molecule has 1 N–H and O–H groups in total. The highest BCUT2D eigenvalue weighted by atomic mass is 16.5. The van der Waals surface area contributed by atoms with Gasteiger partial charge >= 0.3 is 0 Å². The van der Waals surface area contributed by atoms with Gasteiger partial charge in [-0.3, -0.25) is 9.97 Å². The third kappa shape index (κ3) is 4.77. The minimum absolute atomic E-state index is 0.145. The Balaban J connectivity index is 1.54. The first-order valence-electron chi connectivity index (χ1n) is 13.8. The van der Waals surface area contributed by atoms with Crippen molar-refractivity contribution in [3.05, 3.63) is 114 Å². The maximum absolute atomic E-state index is 10.2. The number of hydrogen-bond acceptors (Lipinski definition) is 8. The van der Waals surface area contributed by atoms with Crippen molar-refractivity contribution in [2.45, 2.75) is 25.9 Å². The Morgan fingerprint density at radius 2 is 1.23 bits per heavy atom. The van der Waals surface area contributed by atoms with Gasteiger partial charge in [0.2, 0.25) is 0 Å². The van der Waals surface area contributed by atoms with Gasteiger partial charge in [0.1, 0.15) is 17.1 Å². The summed E-state index contributed by atoms with van der Waals surface area (Å²) < 4.78 is 9.24. The Kier molecular flexibility index (Phi) is 6.40. The van der Waals surface area contributed by atoms with Crippen LogP contribution in [0.5, 0.6) is 5.75 Å². The highest BCUT2D eigenvalue weighted by Gasteiger charge is 2.30. The van der Waals surface area contributed by atoms with Crippen LogP contribution in [0.15, 0.2) is 85.7 Å². The minimum atomic E-state index is -0.671. The molecule has 6 aromatic rings. The highest BCUT2D eigenvalue weighted by molar-refractivity contribution is 5.83. The summed E-state index contributed by atoms with van der Waals surface area (Å²) in [5.41, 5.74) is 6.70. The van der Waals surface area contributed by atoms with E-state index in [2.05, 4.69) is 23.8 Å². The first-order chi connectivity index (χ1) is 20.9. The lowest BCUT2D eigenvalue weighted by Gasteiger charge is -2.26. The predicted molar refractivity (Wildman–Crippen MR) is 163 cm³/mol. The van der Waals surface area contributed by atoms with Crippen molar-refractivity contribution in [3.8, 4) is 39.9 Å². The van der Waals surface area contributed by atoms with Gasteiger partial charge in [-0.25, -0.2) is 19.3 Å². The monoisotopic (exact) mass is 568 g/mol. The molecule has 0 spiro atoms. The van der Waals surface area contributed by atoms with Crippen LogP contribution in [0.4, 0.5) is 0 Å². The fourth-order valence-electron chi connectivity index (χ4n) is 5.18. The molecule has 0 amide bonds. The number of nitrogens with zero attached hydrogens (tertiary/aromatic N) is 8. The molecule has 1 aliphatic rings. The Morgan fingerprint density at radius 3 is 1.74 bits per heavy atom. The van der Waals surface area contributed by atoms with E-state index in [1.165, 1.54) is 0 Å². The molecular formula is C33H28N8O2. The third-order valence-electron chi connectivity index (χ3n) is 7.66. The summed E-state index contributed by atoms with van der Waals surface area (Å²) in [6, 6.07) is 15.3. The summed E-state index contributed by atoms with van der Waals surface area (Å²) in [5.74, 6) is 1.84. The van der Waals surface area contributed by atoms with E-state index in [1.54, 1.807) is 41.3 Å². The van der Waals surface area contributed by atoms with Gasteiger partial charge in [0.15, 0.2) is 11.6 Å². The van der Waals surface area contributed by atoms with E-state index in [0.717, 1.165) is 50.6 Å².